The monoisotopic (exact) mass is 438 g/mol. The average molecular weight is 438 g/mol. The highest BCUT2D eigenvalue weighted by Crippen LogP contribution is 2.11. The predicted molar refractivity (Wildman–Crippen MR) is 110 cm³/mol. The Morgan fingerprint density at radius 1 is 1.12 bits per heavy atom. The van der Waals surface area contributed by atoms with E-state index >= 15 is 0 Å². The van der Waals surface area contributed by atoms with Crippen LogP contribution in [0.3, 0.4) is 0 Å². The Morgan fingerprint density at radius 3 is 2.46 bits per heavy atom. The Hall–Kier alpha value is -2.09. The van der Waals surface area contributed by atoms with Crippen molar-refractivity contribution in [3.05, 3.63) is 65.2 Å². The molecule has 1 amide bonds. The van der Waals surface area contributed by atoms with E-state index in [4.69, 9.17) is 5.73 Å². The van der Waals surface area contributed by atoms with Crippen LogP contribution >= 0.6 is 24.0 Å². The van der Waals surface area contributed by atoms with E-state index in [1.165, 1.54) is 5.56 Å². The minimum absolute atomic E-state index is 0. The van der Waals surface area contributed by atoms with Crippen molar-refractivity contribution in [2.75, 3.05) is 12.4 Å². The molecule has 0 bridgehead atoms. The zero-order valence-corrected chi connectivity index (χ0v) is 16.2. The summed E-state index contributed by atoms with van der Waals surface area (Å²) in [6.45, 7) is 2.57. The molecule has 4 N–H and O–H groups in total. The number of amides is 1. The Bertz CT molecular complexity index is 698. The predicted octanol–water partition coefficient (Wildman–Crippen LogP) is 3.15. The van der Waals surface area contributed by atoms with Crippen molar-refractivity contribution in [3.63, 3.8) is 0 Å². The van der Waals surface area contributed by atoms with Crippen LogP contribution in [0.25, 0.3) is 0 Å². The second kappa shape index (κ2) is 9.92. The van der Waals surface area contributed by atoms with Gasteiger partial charge in [0.1, 0.15) is 0 Å². The molecule has 2 aromatic carbocycles. The molecule has 24 heavy (non-hydrogen) atoms. The molecule has 128 valence electrons. The summed E-state index contributed by atoms with van der Waals surface area (Å²) in [5, 5.41) is 5.68. The third-order valence-corrected chi connectivity index (χ3v) is 3.48. The van der Waals surface area contributed by atoms with Gasteiger partial charge in [-0.3, -0.25) is 4.79 Å². The maximum Gasteiger partial charge on any atom is 0.251 e. The van der Waals surface area contributed by atoms with Gasteiger partial charge >= 0.3 is 0 Å². The third-order valence-electron chi connectivity index (χ3n) is 3.48. The molecule has 0 aromatic heterocycles. The highest BCUT2D eigenvalue weighted by atomic mass is 127. The van der Waals surface area contributed by atoms with Gasteiger partial charge in [0, 0.05) is 18.3 Å². The Morgan fingerprint density at radius 2 is 1.83 bits per heavy atom. The maximum absolute atomic E-state index is 11.5. The molecule has 0 unspecified atom stereocenters. The zero-order valence-electron chi connectivity index (χ0n) is 13.9. The number of aryl methyl sites for hydroxylation is 1. The van der Waals surface area contributed by atoms with Gasteiger partial charge in [-0.25, -0.2) is 4.99 Å². The van der Waals surface area contributed by atoms with Crippen molar-refractivity contribution in [3.8, 4) is 0 Å². The number of aliphatic imine (C=N–C) groups is 1. The van der Waals surface area contributed by atoms with Crippen LogP contribution in [0.15, 0.2) is 53.5 Å². The molecular formula is C18H23IN4O. The number of hydrogen-bond donors (Lipinski definition) is 3. The first-order valence-electron chi connectivity index (χ1n) is 7.59. The summed E-state index contributed by atoms with van der Waals surface area (Å²) in [4.78, 5) is 15.8. The fourth-order valence-corrected chi connectivity index (χ4v) is 2.14. The Labute approximate surface area is 159 Å². The molecule has 0 saturated heterocycles. The number of rotatable bonds is 5. The largest absolute Gasteiger partial charge is 0.370 e. The summed E-state index contributed by atoms with van der Waals surface area (Å²) >= 11 is 0. The van der Waals surface area contributed by atoms with Gasteiger partial charge in [-0.2, -0.15) is 0 Å². The van der Waals surface area contributed by atoms with E-state index in [1.807, 2.05) is 24.3 Å². The van der Waals surface area contributed by atoms with Crippen LogP contribution in [-0.2, 0) is 13.0 Å². The number of carbonyl (C=O) groups excluding carboxylic acids is 1. The standard InChI is InChI=1S/C18H22N4O.HI/c1-3-13-5-4-6-16(11-13)22-18(19)21-12-14-7-9-15(10-8-14)17(23)20-2;/h4-11H,3,12H2,1-2H3,(H,20,23)(H3,19,21,22);1H. The van der Waals surface area contributed by atoms with Gasteiger partial charge in [0.05, 0.1) is 6.54 Å². The van der Waals surface area contributed by atoms with E-state index in [0.717, 1.165) is 17.7 Å². The summed E-state index contributed by atoms with van der Waals surface area (Å²) in [6, 6.07) is 15.4. The number of carbonyl (C=O) groups is 1. The summed E-state index contributed by atoms with van der Waals surface area (Å²) in [5.74, 6) is 0.269. The van der Waals surface area contributed by atoms with Crippen LogP contribution in [0.5, 0.6) is 0 Å². The van der Waals surface area contributed by atoms with E-state index < -0.39 is 0 Å². The lowest BCUT2D eigenvalue weighted by atomic mass is 10.1. The van der Waals surface area contributed by atoms with Gasteiger partial charge in [0.25, 0.3) is 5.91 Å². The van der Waals surface area contributed by atoms with Crippen molar-refractivity contribution >= 4 is 41.5 Å². The molecule has 5 nitrogen and oxygen atoms in total. The first-order chi connectivity index (χ1) is 11.1. The summed E-state index contributed by atoms with van der Waals surface area (Å²) < 4.78 is 0. The normalized spacial score (nSPS) is 10.7. The third kappa shape index (κ3) is 5.84. The highest BCUT2D eigenvalue weighted by molar-refractivity contribution is 14.0. The molecule has 0 aliphatic carbocycles. The van der Waals surface area contributed by atoms with E-state index in [1.54, 1.807) is 19.2 Å². The van der Waals surface area contributed by atoms with Crippen molar-refractivity contribution in [2.24, 2.45) is 10.7 Å². The molecule has 0 spiro atoms. The molecule has 2 aromatic rings. The van der Waals surface area contributed by atoms with E-state index in [-0.39, 0.29) is 29.9 Å². The molecule has 2 rings (SSSR count). The summed E-state index contributed by atoms with van der Waals surface area (Å²) in [6.07, 6.45) is 0.976. The second-order valence-electron chi connectivity index (χ2n) is 5.16. The number of halogens is 1. The molecule has 0 fully saturated rings. The smallest absolute Gasteiger partial charge is 0.251 e. The van der Waals surface area contributed by atoms with Crippen LogP contribution in [0.1, 0.15) is 28.4 Å². The number of hydrogen-bond acceptors (Lipinski definition) is 2. The van der Waals surface area contributed by atoms with Crippen LogP contribution in [-0.4, -0.2) is 18.9 Å². The molecular weight excluding hydrogens is 415 g/mol. The molecule has 0 atom stereocenters. The molecule has 0 saturated carbocycles. The lowest BCUT2D eigenvalue weighted by Crippen LogP contribution is -2.22. The van der Waals surface area contributed by atoms with Crippen LogP contribution in [0, 0.1) is 0 Å². The molecule has 0 radical (unpaired) electrons. The first-order valence-corrected chi connectivity index (χ1v) is 7.59. The maximum atomic E-state index is 11.5. The summed E-state index contributed by atoms with van der Waals surface area (Å²) in [5.41, 5.74) is 9.71. The number of nitrogens with one attached hydrogen (secondary N) is 2. The first kappa shape index (κ1) is 20.0. The lowest BCUT2D eigenvalue weighted by Gasteiger charge is -2.07. The summed E-state index contributed by atoms with van der Waals surface area (Å²) in [7, 11) is 1.61. The van der Waals surface area contributed by atoms with Crippen molar-refractivity contribution in [1.29, 1.82) is 0 Å². The van der Waals surface area contributed by atoms with E-state index in [0.29, 0.717) is 18.1 Å². The second-order valence-corrected chi connectivity index (χ2v) is 5.16. The minimum atomic E-state index is -0.1000. The number of nitrogens with zero attached hydrogens (tertiary/aromatic N) is 1. The molecule has 0 aliphatic rings. The lowest BCUT2D eigenvalue weighted by molar-refractivity contribution is 0.0963. The van der Waals surface area contributed by atoms with Gasteiger partial charge in [0.15, 0.2) is 5.96 Å². The average Bonchev–Trinajstić information content (AvgIpc) is 2.60. The van der Waals surface area contributed by atoms with Crippen LogP contribution in [0.2, 0.25) is 0 Å². The van der Waals surface area contributed by atoms with Gasteiger partial charge in [-0.05, 0) is 41.8 Å². The van der Waals surface area contributed by atoms with Crippen molar-refractivity contribution < 1.29 is 4.79 Å². The minimum Gasteiger partial charge on any atom is -0.370 e. The SMILES string of the molecule is CCc1cccc(NC(N)=NCc2ccc(C(=O)NC)cc2)c1.I. The van der Waals surface area contributed by atoms with Gasteiger partial charge in [-0.1, -0.05) is 31.2 Å². The number of anilines is 1. The number of guanidine groups is 1. The molecule has 0 aliphatic heterocycles. The fraction of sp³-hybridized carbons (Fsp3) is 0.222. The van der Waals surface area contributed by atoms with E-state index in [9.17, 15) is 4.79 Å². The number of benzene rings is 2. The van der Waals surface area contributed by atoms with Crippen molar-refractivity contribution in [2.45, 2.75) is 19.9 Å². The Balaban J connectivity index is 0.00000288. The van der Waals surface area contributed by atoms with Gasteiger partial charge in [0.2, 0.25) is 0 Å². The van der Waals surface area contributed by atoms with Crippen LogP contribution in [0.4, 0.5) is 5.69 Å². The quantitative estimate of drug-likeness (QED) is 0.381. The fourth-order valence-electron chi connectivity index (χ4n) is 2.14. The topological polar surface area (TPSA) is 79.5 Å². The van der Waals surface area contributed by atoms with Crippen molar-refractivity contribution in [1.82, 2.24) is 5.32 Å². The number of nitrogens with two attached hydrogens (primary N) is 1. The van der Waals surface area contributed by atoms with Gasteiger partial charge < -0.3 is 16.4 Å². The van der Waals surface area contributed by atoms with Crippen LogP contribution < -0.4 is 16.4 Å². The van der Waals surface area contributed by atoms with E-state index in [2.05, 4.69) is 34.7 Å². The molecule has 6 heteroatoms. The zero-order chi connectivity index (χ0) is 16.7. The molecule has 0 heterocycles. The van der Waals surface area contributed by atoms with Gasteiger partial charge in [-0.15, -0.1) is 24.0 Å². The Kier molecular flexibility index (Phi) is 8.25. The highest BCUT2D eigenvalue weighted by Gasteiger charge is 2.02.